The molecule has 9 nitrogen and oxygen atoms in total. The molecular formula is C23H19N3O6. The Balaban J connectivity index is 1.24. The van der Waals surface area contributed by atoms with Crippen molar-refractivity contribution >= 4 is 17.8 Å². The number of benzene rings is 3. The Kier molecular flexibility index (Phi) is 6.26. The third-order valence-corrected chi connectivity index (χ3v) is 4.64. The fourth-order valence-electron chi connectivity index (χ4n) is 2.99. The SMILES string of the molecule is O=C(Cc1ccc2c(c1)OCO2)N/N=C\c1ccc(OCc2ccc([N+](=O)[O-])cc2)cc1. The largest absolute Gasteiger partial charge is 0.489 e. The average Bonchev–Trinajstić information content (AvgIpc) is 3.27. The van der Waals surface area contributed by atoms with Gasteiger partial charge in [0.25, 0.3) is 5.69 Å². The van der Waals surface area contributed by atoms with Gasteiger partial charge in [-0.3, -0.25) is 14.9 Å². The minimum atomic E-state index is -0.440. The van der Waals surface area contributed by atoms with Gasteiger partial charge < -0.3 is 14.2 Å². The summed E-state index contributed by atoms with van der Waals surface area (Å²) >= 11 is 0. The Morgan fingerprint density at radius 3 is 2.50 bits per heavy atom. The van der Waals surface area contributed by atoms with Crippen molar-refractivity contribution in [2.45, 2.75) is 13.0 Å². The van der Waals surface area contributed by atoms with Gasteiger partial charge in [0.2, 0.25) is 12.7 Å². The van der Waals surface area contributed by atoms with Crippen molar-refractivity contribution in [2.75, 3.05) is 6.79 Å². The first-order valence-corrected chi connectivity index (χ1v) is 9.73. The van der Waals surface area contributed by atoms with Crippen molar-refractivity contribution < 1.29 is 23.9 Å². The van der Waals surface area contributed by atoms with Crippen LogP contribution in [0.4, 0.5) is 5.69 Å². The molecule has 162 valence electrons. The van der Waals surface area contributed by atoms with E-state index in [0.717, 1.165) is 16.7 Å². The topological polar surface area (TPSA) is 112 Å². The summed E-state index contributed by atoms with van der Waals surface area (Å²) < 4.78 is 16.2. The highest BCUT2D eigenvalue weighted by molar-refractivity contribution is 5.83. The van der Waals surface area contributed by atoms with Crippen LogP contribution < -0.4 is 19.6 Å². The Labute approximate surface area is 183 Å². The van der Waals surface area contributed by atoms with Crippen LogP contribution in [0.3, 0.4) is 0 Å². The van der Waals surface area contributed by atoms with Crippen LogP contribution >= 0.6 is 0 Å². The van der Waals surface area contributed by atoms with Gasteiger partial charge in [0, 0.05) is 12.1 Å². The van der Waals surface area contributed by atoms with Crippen LogP contribution in [-0.2, 0) is 17.8 Å². The lowest BCUT2D eigenvalue weighted by molar-refractivity contribution is -0.384. The highest BCUT2D eigenvalue weighted by atomic mass is 16.7. The molecule has 3 aromatic carbocycles. The van der Waals surface area contributed by atoms with E-state index in [1.807, 2.05) is 6.07 Å². The minimum absolute atomic E-state index is 0.0420. The maximum absolute atomic E-state index is 12.1. The highest BCUT2D eigenvalue weighted by Gasteiger charge is 2.14. The van der Waals surface area contributed by atoms with Gasteiger partial charge in [-0.1, -0.05) is 6.07 Å². The quantitative estimate of drug-likeness (QED) is 0.330. The molecule has 0 saturated heterocycles. The van der Waals surface area contributed by atoms with Crippen molar-refractivity contribution in [3.63, 3.8) is 0 Å². The van der Waals surface area contributed by atoms with Crippen molar-refractivity contribution in [1.29, 1.82) is 0 Å². The average molecular weight is 433 g/mol. The maximum Gasteiger partial charge on any atom is 0.269 e. The molecule has 0 radical (unpaired) electrons. The van der Waals surface area contributed by atoms with Gasteiger partial charge in [-0.25, -0.2) is 5.43 Å². The maximum atomic E-state index is 12.1. The highest BCUT2D eigenvalue weighted by Crippen LogP contribution is 2.32. The first kappa shape index (κ1) is 20.9. The smallest absolute Gasteiger partial charge is 0.269 e. The summed E-state index contributed by atoms with van der Waals surface area (Å²) in [5.74, 6) is 1.71. The molecule has 1 N–H and O–H groups in total. The number of hydrazone groups is 1. The number of fused-ring (bicyclic) bond motifs is 1. The Morgan fingerprint density at radius 1 is 1.03 bits per heavy atom. The molecule has 1 amide bonds. The van der Waals surface area contributed by atoms with Gasteiger partial charge in [0.05, 0.1) is 17.6 Å². The monoisotopic (exact) mass is 433 g/mol. The molecule has 1 aliphatic rings. The van der Waals surface area contributed by atoms with E-state index in [0.29, 0.717) is 23.9 Å². The van der Waals surface area contributed by atoms with E-state index < -0.39 is 4.92 Å². The first-order valence-electron chi connectivity index (χ1n) is 9.73. The summed E-state index contributed by atoms with van der Waals surface area (Å²) in [6.07, 6.45) is 1.71. The summed E-state index contributed by atoms with van der Waals surface area (Å²) in [5.41, 5.74) is 4.96. The number of non-ortho nitro benzene ring substituents is 1. The van der Waals surface area contributed by atoms with Crippen molar-refractivity contribution in [1.82, 2.24) is 5.43 Å². The number of nitro benzene ring substituents is 1. The number of nitrogens with zero attached hydrogens (tertiary/aromatic N) is 2. The second-order valence-electron chi connectivity index (χ2n) is 6.94. The molecule has 0 unspecified atom stereocenters. The molecule has 0 saturated carbocycles. The number of carbonyl (C=O) groups is 1. The number of amides is 1. The molecule has 32 heavy (non-hydrogen) atoms. The zero-order chi connectivity index (χ0) is 22.3. The minimum Gasteiger partial charge on any atom is -0.489 e. The molecule has 0 aromatic heterocycles. The Hall–Kier alpha value is -4.40. The molecule has 0 atom stereocenters. The number of carbonyl (C=O) groups excluding carboxylic acids is 1. The van der Waals surface area contributed by atoms with E-state index in [1.165, 1.54) is 18.3 Å². The zero-order valence-corrected chi connectivity index (χ0v) is 16.9. The van der Waals surface area contributed by atoms with Gasteiger partial charge in [-0.05, 0) is 65.2 Å². The predicted molar refractivity (Wildman–Crippen MR) is 116 cm³/mol. The second kappa shape index (κ2) is 9.61. The van der Waals surface area contributed by atoms with Gasteiger partial charge in [-0.15, -0.1) is 0 Å². The number of rotatable bonds is 8. The number of hydrogen-bond donors (Lipinski definition) is 1. The Morgan fingerprint density at radius 2 is 1.75 bits per heavy atom. The number of ether oxygens (including phenoxy) is 3. The summed E-state index contributed by atoms with van der Waals surface area (Å²) in [6.45, 7) is 0.484. The molecule has 1 heterocycles. The van der Waals surface area contributed by atoms with Crippen molar-refractivity contribution in [2.24, 2.45) is 5.10 Å². The number of nitrogens with one attached hydrogen (secondary N) is 1. The third kappa shape index (κ3) is 5.39. The van der Waals surface area contributed by atoms with Crippen LogP contribution in [0.1, 0.15) is 16.7 Å². The van der Waals surface area contributed by atoms with E-state index in [4.69, 9.17) is 14.2 Å². The molecule has 1 aliphatic heterocycles. The van der Waals surface area contributed by atoms with E-state index in [-0.39, 0.29) is 24.8 Å². The summed E-state index contributed by atoms with van der Waals surface area (Å²) in [5, 5.41) is 14.7. The summed E-state index contributed by atoms with van der Waals surface area (Å²) in [4.78, 5) is 22.3. The standard InChI is InChI=1S/C23H19N3O6/c27-23(12-18-5-10-21-22(11-18)32-15-31-21)25-24-13-16-3-8-20(9-4-16)30-14-17-1-6-19(7-2-17)26(28)29/h1-11,13H,12,14-15H2,(H,25,27)/b24-13-. The fourth-order valence-corrected chi connectivity index (χ4v) is 2.99. The number of hydrogen-bond acceptors (Lipinski definition) is 7. The fraction of sp³-hybridized carbons (Fsp3) is 0.130. The van der Waals surface area contributed by atoms with Crippen LogP contribution in [0.15, 0.2) is 71.8 Å². The van der Waals surface area contributed by atoms with Crippen molar-refractivity contribution in [3.05, 3.63) is 93.5 Å². The molecule has 9 heteroatoms. The van der Waals surface area contributed by atoms with Crippen LogP contribution in [0.25, 0.3) is 0 Å². The number of nitro groups is 1. The van der Waals surface area contributed by atoms with Gasteiger partial charge in [0.1, 0.15) is 12.4 Å². The summed E-state index contributed by atoms with van der Waals surface area (Å²) in [6, 6.07) is 18.7. The lowest BCUT2D eigenvalue weighted by Crippen LogP contribution is -2.19. The van der Waals surface area contributed by atoms with Crippen molar-refractivity contribution in [3.8, 4) is 17.2 Å². The van der Waals surface area contributed by atoms with E-state index >= 15 is 0 Å². The second-order valence-corrected chi connectivity index (χ2v) is 6.94. The molecule has 0 fully saturated rings. The predicted octanol–water partition coefficient (Wildman–Crippen LogP) is 3.60. The lowest BCUT2D eigenvalue weighted by Gasteiger charge is -2.06. The molecular weight excluding hydrogens is 414 g/mol. The molecule has 0 bridgehead atoms. The lowest BCUT2D eigenvalue weighted by atomic mass is 10.1. The molecule has 3 aromatic rings. The van der Waals surface area contributed by atoms with Gasteiger partial charge >= 0.3 is 0 Å². The van der Waals surface area contributed by atoms with Gasteiger partial charge in [0.15, 0.2) is 11.5 Å². The normalized spacial score (nSPS) is 12.0. The van der Waals surface area contributed by atoms with Crippen LogP contribution in [0, 0.1) is 10.1 Å². The van der Waals surface area contributed by atoms with Crippen LogP contribution in [0.5, 0.6) is 17.2 Å². The van der Waals surface area contributed by atoms with Crippen LogP contribution in [-0.4, -0.2) is 23.8 Å². The van der Waals surface area contributed by atoms with Gasteiger partial charge in [-0.2, -0.15) is 5.10 Å². The van der Waals surface area contributed by atoms with Crippen LogP contribution in [0.2, 0.25) is 0 Å². The Bertz CT molecular complexity index is 1140. The van der Waals surface area contributed by atoms with E-state index in [2.05, 4.69) is 10.5 Å². The first-order chi connectivity index (χ1) is 15.6. The molecule has 4 rings (SSSR count). The molecule has 0 spiro atoms. The van der Waals surface area contributed by atoms with E-state index in [9.17, 15) is 14.9 Å². The summed E-state index contributed by atoms with van der Waals surface area (Å²) in [7, 11) is 0. The zero-order valence-electron chi connectivity index (χ0n) is 16.9. The third-order valence-electron chi connectivity index (χ3n) is 4.64. The van der Waals surface area contributed by atoms with E-state index in [1.54, 1.807) is 48.5 Å². The molecule has 0 aliphatic carbocycles.